The van der Waals surface area contributed by atoms with Crippen LogP contribution in [0, 0.1) is 0 Å². The average Bonchev–Trinajstić information content (AvgIpc) is 3.18. The molecule has 2 fully saturated rings. The number of rotatable bonds is 7. The number of fused-ring (bicyclic) bond motifs is 1. The molecule has 2 aliphatic heterocycles. The Hall–Kier alpha value is -2.30. The molecule has 9 nitrogen and oxygen atoms in total. The fourth-order valence-corrected chi connectivity index (χ4v) is 3.36. The molecule has 3 rings (SSSR count). The molecular formula is C21H27NO8. The molecule has 0 amide bonds. The molecule has 2 saturated heterocycles. The van der Waals surface area contributed by atoms with E-state index in [-0.39, 0.29) is 24.5 Å². The third-order valence-electron chi connectivity index (χ3n) is 4.74. The van der Waals surface area contributed by atoms with Gasteiger partial charge in [-0.05, 0) is 20.8 Å². The molecule has 2 aliphatic rings. The third-order valence-corrected chi connectivity index (χ3v) is 4.74. The Labute approximate surface area is 174 Å². The van der Waals surface area contributed by atoms with Crippen molar-refractivity contribution >= 4 is 17.9 Å². The van der Waals surface area contributed by atoms with Crippen molar-refractivity contribution in [3.63, 3.8) is 0 Å². The van der Waals surface area contributed by atoms with Gasteiger partial charge in [0.1, 0.15) is 35.7 Å². The monoisotopic (exact) mass is 421 g/mol. The number of aliphatic imine (C=N–C) groups is 1. The molecule has 0 saturated carbocycles. The minimum absolute atomic E-state index is 0.127. The molecule has 164 valence electrons. The van der Waals surface area contributed by atoms with Gasteiger partial charge in [0, 0.05) is 11.8 Å². The first kappa shape index (κ1) is 22.4. The van der Waals surface area contributed by atoms with Gasteiger partial charge in [-0.3, -0.25) is 4.99 Å². The summed E-state index contributed by atoms with van der Waals surface area (Å²) in [6.07, 6.45) is -3.59. The molecule has 0 unspecified atom stereocenters. The number of aliphatic hydroxyl groups is 3. The van der Waals surface area contributed by atoms with E-state index < -0.39 is 42.5 Å². The zero-order valence-electron chi connectivity index (χ0n) is 17.1. The summed E-state index contributed by atoms with van der Waals surface area (Å²) in [6, 6.07) is 8.50. The number of nitrogens with zero attached hydrogens (tertiary/aromatic N) is 1. The van der Waals surface area contributed by atoms with Crippen LogP contribution in [0.25, 0.3) is 5.76 Å². The summed E-state index contributed by atoms with van der Waals surface area (Å²) >= 11 is 0. The Balaban J connectivity index is 1.69. The van der Waals surface area contributed by atoms with E-state index in [1.807, 2.05) is 0 Å². The van der Waals surface area contributed by atoms with Crippen molar-refractivity contribution in [3.05, 3.63) is 41.5 Å². The zero-order chi connectivity index (χ0) is 21.9. The fourth-order valence-electron chi connectivity index (χ4n) is 3.36. The predicted molar refractivity (Wildman–Crippen MR) is 107 cm³/mol. The van der Waals surface area contributed by atoms with Gasteiger partial charge in [-0.1, -0.05) is 30.3 Å². The van der Waals surface area contributed by atoms with Gasteiger partial charge in [0.15, 0.2) is 12.1 Å². The number of esters is 1. The first-order valence-electron chi connectivity index (χ1n) is 9.76. The van der Waals surface area contributed by atoms with Crippen molar-refractivity contribution < 1.29 is 39.1 Å². The van der Waals surface area contributed by atoms with Crippen LogP contribution < -0.4 is 0 Å². The van der Waals surface area contributed by atoms with Crippen LogP contribution in [0.1, 0.15) is 26.3 Å². The smallest absolute Gasteiger partial charge is 0.343 e. The molecule has 30 heavy (non-hydrogen) atoms. The molecule has 5 atom stereocenters. The zero-order valence-corrected chi connectivity index (χ0v) is 17.1. The lowest BCUT2D eigenvalue weighted by atomic mass is 10.1. The van der Waals surface area contributed by atoms with Gasteiger partial charge < -0.3 is 34.3 Å². The summed E-state index contributed by atoms with van der Waals surface area (Å²) < 4.78 is 21.7. The summed E-state index contributed by atoms with van der Waals surface area (Å²) in [4.78, 5) is 16.3. The maximum atomic E-state index is 12.2. The molecule has 0 aromatic heterocycles. The van der Waals surface area contributed by atoms with E-state index in [4.69, 9.17) is 18.9 Å². The summed E-state index contributed by atoms with van der Waals surface area (Å²) in [5.41, 5.74) is 0.278. The predicted octanol–water partition coefficient (Wildman–Crippen LogP) is 1.19. The van der Waals surface area contributed by atoms with Gasteiger partial charge in [-0.25, -0.2) is 4.79 Å². The van der Waals surface area contributed by atoms with Gasteiger partial charge in [-0.15, -0.1) is 0 Å². The summed E-state index contributed by atoms with van der Waals surface area (Å²) in [5.74, 6) is -1.91. The van der Waals surface area contributed by atoms with Gasteiger partial charge in [0.2, 0.25) is 0 Å². The Morgan fingerprint density at radius 1 is 1.30 bits per heavy atom. The highest BCUT2D eigenvalue weighted by molar-refractivity contribution is 6.15. The highest BCUT2D eigenvalue weighted by Gasteiger charge is 2.55. The van der Waals surface area contributed by atoms with E-state index in [0.29, 0.717) is 5.56 Å². The number of aliphatic hydroxyl groups excluding tert-OH is 3. The van der Waals surface area contributed by atoms with E-state index in [9.17, 15) is 20.1 Å². The van der Waals surface area contributed by atoms with Crippen molar-refractivity contribution in [1.82, 2.24) is 0 Å². The normalized spacial score (nSPS) is 29.5. The van der Waals surface area contributed by atoms with E-state index in [2.05, 4.69) is 4.99 Å². The largest absolute Gasteiger partial charge is 0.506 e. The van der Waals surface area contributed by atoms with Crippen LogP contribution in [0.15, 0.2) is 40.9 Å². The van der Waals surface area contributed by atoms with Gasteiger partial charge in [-0.2, -0.15) is 0 Å². The highest BCUT2D eigenvalue weighted by Crippen LogP contribution is 2.38. The van der Waals surface area contributed by atoms with Gasteiger partial charge >= 0.3 is 5.97 Å². The van der Waals surface area contributed by atoms with Crippen molar-refractivity contribution in [2.24, 2.45) is 4.99 Å². The molecule has 3 N–H and O–H groups in total. The number of carbonyl (C=O) groups is 1. The number of benzene rings is 1. The average molecular weight is 421 g/mol. The minimum Gasteiger partial charge on any atom is -0.506 e. The minimum atomic E-state index is -1.18. The van der Waals surface area contributed by atoms with Crippen LogP contribution in [0.4, 0.5) is 0 Å². The maximum Gasteiger partial charge on any atom is 0.343 e. The van der Waals surface area contributed by atoms with Crippen molar-refractivity contribution in [1.29, 1.82) is 0 Å². The molecule has 1 aromatic carbocycles. The standard InChI is InChI=1S/C21H27NO8/c1-4-27-19(26)13(15(24)12-8-6-5-7-9-12)10-22-11-14(23)17-16(25)18-20(28-17)30-21(2,3)29-18/h5-10,14,16-18,20,23-25H,4,11H2,1-3H3/b15-13-,22-10?/t14-,16+,17-,18-,20-/m1/s1. The van der Waals surface area contributed by atoms with Crippen molar-refractivity contribution in [2.45, 2.75) is 57.3 Å². The highest BCUT2D eigenvalue weighted by atomic mass is 16.8. The topological polar surface area (TPSA) is 127 Å². The molecular weight excluding hydrogens is 394 g/mol. The van der Waals surface area contributed by atoms with Crippen LogP contribution in [0.2, 0.25) is 0 Å². The Kier molecular flexibility index (Phi) is 6.89. The molecule has 2 heterocycles. The lowest BCUT2D eigenvalue weighted by Gasteiger charge is -2.25. The fraction of sp³-hybridized carbons (Fsp3) is 0.524. The summed E-state index contributed by atoms with van der Waals surface area (Å²) in [6.45, 7) is 5.01. The molecule has 0 aliphatic carbocycles. The number of hydrogen-bond acceptors (Lipinski definition) is 9. The summed E-state index contributed by atoms with van der Waals surface area (Å²) in [7, 11) is 0. The van der Waals surface area contributed by atoms with E-state index in [1.165, 1.54) is 0 Å². The Morgan fingerprint density at radius 3 is 2.63 bits per heavy atom. The lowest BCUT2D eigenvalue weighted by molar-refractivity contribution is -0.224. The molecule has 1 aromatic rings. The molecule has 0 spiro atoms. The second-order valence-electron chi connectivity index (χ2n) is 7.47. The van der Waals surface area contributed by atoms with Crippen molar-refractivity contribution in [3.8, 4) is 0 Å². The van der Waals surface area contributed by atoms with Gasteiger partial charge in [0.05, 0.1) is 13.2 Å². The van der Waals surface area contributed by atoms with Gasteiger partial charge in [0.25, 0.3) is 0 Å². The van der Waals surface area contributed by atoms with E-state index in [0.717, 1.165) is 6.21 Å². The lowest BCUT2D eigenvalue weighted by Crippen LogP contribution is -2.42. The quantitative estimate of drug-likeness (QED) is 0.259. The number of carbonyl (C=O) groups excluding carboxylic acids is 1. The third kappa shape index (κ3) is 4.88. The first-order chi connectivity index (χ1) is 14.2. The molecule has 0 bridgehead atoms. The first-order valence-corrected chi connectivity index (χ1v) is 9.76. The second-order valence-corrected chi connectivity index (χ2v) is 7.47. The second kappa shape index (κ2) is 9.23. The van der Waals surface area contributed by atoms with Crippen LogP contribution in [0.5, 0.6) is 0 Å². The van der Waals surface area contributed by atoms with E-state index >= 15 is 0 Å². The van der Waals surface area contributed by atoms with Crippen LogP contribution in [0.3, 0.4) is 0 Å². The SMILES string of the molecule is CCOC(=O)/C(C=NC[C@@H](O)[C@H]1O[C@@H]2OC(C)(C)O[C@@H]2[C@H]1O)=C(\O)c1ccccc1. The molecule has 9 heteroatoms. The van der Waals surface area contributed by atoms with Crippen LogP contribution in [-0.4, -0.2) is 77.1 Å². The number of ether oxygens (including phenoxy) is 4. The van der Waals surface area contributed by atoms with Crippen LogP contribution in [-0.2, 0) is 23.7 Å². The summed E-state index contributed by atoms with van der Waals surface area (Å²) in [5, 5.41) is 31.3. The van der Waals surface area contributed by atoms with Crippen LogP contribution >= 0.6 is 0 Å². The maximum absolute atomic E-state index is 12.2. The molecule has 0 radical (unpaired) electrons. The Bertz CT molecular complexity index is 806. The van der Waals surface area contributed by atoms with Crippen molar-refractivity contribution in [2.75, 3.05) is 13.2 Å². The number of hydrogen-bond donors (Lipinski definition) is 3. The van der Waals surface area contributed by atoms with E-state index in [1.54, 1.807) is 51.1 Å². The Morgan fingerprint density at radius 2 is 2.00 bits per heavy atom.